The summed E-state index contributed by atoms with van der Waals surface area (Å²) in [6.07, 6.45) is 0. The molecule has 4 rings (SSSR count). The number of aromatic nitrogens is 6. The van der Waals surface area contributed by atoms with E-state index in [1.165, 1.54) is 18.7 Å². The predicted octanol–water partition coefficient (Wildman–Crippen LogP) is 3.59. The number of benzene rings is 1. The molecular weight excluding hydrogens is 398 g/mol. The quantitative estimate of drug-likeness (QED) is 0.477. The summed E-state index contributed by atoms with van der Waals surface area (Å²) < 4.78 is 7.39. The molecule has 142 valence electrons. The number of thioether (sulfide) groups is 1. The average molecular weight is 413 g/mol. The number of thiophene rings is 1. The Bertz CT molecular complexity index is 1090. The minimum absolute atomic E-state index is 0.143. The molecule has 1 amide bonds. The number of nitrogens with one attached hydrogen (secondary N) is 1. The van der Waals surface area contributed by atoms with Gasteiger partial charge in [-0.25, -0.2) is 0 Å². The van der Waals surface area contributed by atoms with Gasteiger partial charge in [-0.05, 0) is 47.0 Å². The smallest absolute Gasteiger partial charge is 0.257 e. The molecule has 0 aliphatic carbocycles. The topological polar surface area (TPSA) is 112 Å². The molecule has 1 atom stereocenters. The number of nitrogens with zero attached hydrogens (tertiary/aromatic N) is 6. The summed E-state index contributed by atoms with van der Waals surface area (Å²) in [5.41, 5.74) is 1.40. The zero-order valence-corrected chi connectivity index (χ0v) is 16.6. The molecule has 3 heterocycles. The highest BCUT2D eigenvalue weighted by atomic mass is 32.2. The van der Waals surface area contributed by atoms with Crippen molar-refractivity contribution >= 4 is 34.7 Å². The van der Waals surface area contributed by atoms with Gasteiger partial charge in [0.2, 0.25) is 17.0 Å². The first-order chi connectivity index (χ1) is 13.6. The zero-order chi connectivity index (χ0) is 19.5. The summed E-state index contributed by atoms with van der Waals surface area (Å²) in [7, 11) is 0. The van der Waals surface area contributed by atoms with Gasteiger partial charge in [-0.3, -0.25) is 4.79 Å². The normalized spacial score (nSPS) is 12.1. The van der Waals surface area contributed by atoms with Crippen molar-refractivity contribution in [3.8, 4) is 16.5 Å². The fourth-order valence-electron chi connectivity index (χ4n) is 2.44. The lowest BCUT2D eigenvalue weighted by Crippen LogP contribution is -2.07. The van der Waals surface area contributed by atoms with Crippen molar-refractivity contribution in [1.29, 1.82) is 0 Å². The van der Waals surface area contributed by atoms with E-state index in [9.17, 15) is 4.79 Å². The minimum atomic E-state index is -0.149. The number of tetrazole rings is 1. The molecule has 0 bridgehead atoms. The van der Waals surface area contributed by atoms with Crippen molar-refractivity contribution in [3.05, 3.63) is 47.7 Å². The molecular formula is C17H15N7O2S2. The maximum atomic E-state index is 11.3. The Morgan fingerprint density at radius 1 is 1.25 bits per heavy atom. The van der Waals surface area contributed by atoms with Crippen LogP contribution in [0.2, 0.25) is 0 Å². The van der Waals surface area contributed by atoms with Crippen LogP contribution in [0.4, 0.5) is 5.69 Å². The zero-order valence-electron chi connectivity index (χ0n) is 14.9. The molecule has 28 heavy (non-hydrogen) atoms. The van der Waals surface area contributed by atoms with Gasteiger partial charge in [-0.15, -0.1) is 26.6 Å². The second-order valence-electron chi connectivity index (χ2n) is 5.79. The van der Waals surface area contributed by atoms with Crippen molar-refractivity contribution in [2.24, 2.45) is 0 Å². The molecule has 0 fully saturated rings. The van der Waals surface area contributed by atoms with E-state index in [0.29, 0.717) is 22.6 Å². The SMILES string of the molecule is CC(=O)Nc1cccc(-n2nnnc2SC(C)c2nnc(-c3cccs3)o2)c1. The largest absolute Gasteiger partial charge is 0.419 e. The van der Waals surface area contributed by atoms with E-state index in [-0.39, 0.29) is 11.2 Å². The van der Waals surface area contributed by atoms with Gasteiger partial charge in [0.15, 0.2) is 0 Å². The Morgan fingerprint density at radius 2 is 2.14 bits per heavy atom. The third-order valence-electron chi connectivity index (χ3n) is 3.65. The van der Waals surface area contributed by atoms with Crippen LogP contribution in [-0.2, 0) is 4.79 Å². The number of hydrogen-bond donors (Lipinski definition) is 1. The van der Waals surface area contributed by atoms with Gasteiger partial charge < -0.3 is 9.73 Å². The van der Waals surface area contributed by atoms with Crippen molar-refractivity contribution in [3.63, 3.8) is 0 Å². The first-order valence-corrected chi connectivity index (χ1v) is 10.1. The highest BCUT2D eigenvalue weighted by Crippen LogP contribution is 2.35. The van der Waals surface area contributed by atoms with Gasteiger partial charge in [0.1, 0.15) is 0 Å². The van der Waals surface area contributed by atoms with Gasteiger partial charge in [-0.2, -0.15) is 4.68 Å². The second kappa shape index (κ2) is 7.90. The van der Waals surface area contributed by atoms with Crippen LogP contribution in [0, 0.1) is 0 Å². The van der Waals surface area contributed by atoms with E-state index < -0.39 is 0 Å². The maximum Gasteiger partial charge on any atom is 0.257 e. The highest BCUT2D eigenvalue weighted by Gasteiger charge is 2.20. The van der Waals surface area contributed by atoms with Crippen LogP contribution >= 0.6 is 23.1 Å². The van der Waals surface area contributed by atoms with Gasteiger partial charge in [0.25, 0.3) is 5.89 Å². The summed E-state index contributed by atoms with van der Waals surface area (Å²) in [6, 6.07) is 11.2. The van der Waals surface area contributed by atoms with Crippen molar-refractivity contribution in [1.82, 2.24) is 30.4 Å². The van der Waals surface area contributed by atoms with Crippen LogP contribution in [0.25, 0.3) is 16.5 Å². The van der Waals surface area contributed by atoms with E-state index in [1.54, 1.807) is 28.2 Å². The number of carbonyl (C=O) groups is 1. The monoisotopic (exact) mass is 413 g/mol. The van der Waals surface area contributed by atoms with Crippen LogP contribution in [0.1, 0.15) is 25.0 Å². The van der Waals surface area contributed by atoms with E-state index >= 15 is 0 Å². The molecule has 0 spiro atoms. The molecule has 0 aliphatic heterocycles. The lowest BCUT2D eigenvalue weighted by atomic mass is 10.3. The molecule has 4 aromatic rings. The van der Waals surface area contributed by atoms with E-state index in [0.717, 1.165) is 10.6 Å². The molecule has 1 aromatic carbocycles. The first kappa shape index (κ1) is 18.3. The molecule has 1 N–H and O–H groups in total. The molecule has 0 saturated carbocycles. The molecule has 9 nitrogen and oxygen atoms in total. The Hall–Kier alpha value is -3.05. The molecule has 3 aromatic heterocycles. The van der Waals surface area contributed by atoms with Gasteiger partial charge in [0, 0.05) is 12.6 Å². The summed E-state index contributed by atoms with van der Waals surface area (Å²) in [4.78, 5) is 12.2. The Balaban J connectivity index is 1.54. The van der Waals surface area contributed by atoms with Gasteiger partial charge >= 0.3 is 0 Å². The molecule has 0 saturated heterocycles. The number of carbonyl (C=O) groups excluding carboxylic acids is 1. The number of anilines is 1. The lowest BCUT2D eigenvalue weighted by Gasteiger charge is -2.09. The lowest BCUT2D eigenvalue weighted by molar-refractivity contribution is -0.114. The van der Waals surface area contributed by atoms with Crippen molar-refractivity contribution in [2.45, 2.75) is 24.3 Å². The highest BCUT2D eigenvalue weighted by molar-refractivity contribution is 7.99. The van der Waals surface area contributed by atoms with E-state index in [2.05, 4.69) is 31.0 Å². The van der Waals surface area contributed by atoms with E-state index in [1.807, 2.05) is 36.6 Å². The molecule has 11 heteroatoms. The molecule has 1 unspecified atom stereocenters. The van der Waals surface area contributed by atoms with Gasteiger partial charge in [0.05, 0.1) is 15.8 Å². The van der Waals surface area contributed by atoms with Gasteiger partial charge in [-0.1, -0.05) is 23.9 Å². The Morgan fingerprint density at radius 3 is 2.93 bits per heavy atom. The fourth-order valence-corrected chi connectivity index (χ4v) is 3.92. The predicted molar refractivity (Wildman–Crippen MR) is 105 cm³/mol. The summed E-state index contributed by atoms with van der Waals surface area (Å²) in [5.74, 6) is 0.852. The number of rotatable bonds is 6. The molecule has 0 radical (unpaired) electrons. The number of hydrogen-bond acceptors (Lipinski definition) is 9. The van der Waals surface area contributed by atoms with Crippen LogP contribution in [0.15, 0.2) is 51.4 Å². The van der Waals surface area contributed by atoms with Crippen molar-refractivity contribution < 1.29 is 9.21 Å². The first-order valence-electron chi connectivity index (χ1n) is 8.30. The summed E-state index contributed by atoms with van der Waals surface area (Å²) in [6.45, 7) is 3.41. The molecule has 0 aliphatic rings. The third kappa shape index (κ3) is 3.94. The fraction of sp³-hybridized carbons (Fsp3) is 0.176. The maximum absolute atomic E-state index is 11.3. The number of amides is 1. The summed E-state index contributed by atoms with van der Waals surface area (Å²) >= 11 is 2.94. The van der Waals surface area contributed by atoms with Crippen LogP contribution in [0.3, 0.4) is 0 Å². The standard InChI is InChI=1S/C17H15N7O2S2/c1-10(15-19-20-16(26-15)14-7-4-8-27-14)28-17-21-22-23-24(17)13-6-3-5-12(9-13)18-11(2)25/h3-10H,1-2H3,(H,18,25). The van der Waals surface area contributed by atoms with Crippen LogP contribution < -0.4 is 5.32 Å². The Kier molecular flexibility index (Phi) is 5.17. The summed E-state index contributed by atoms with van der Waals surface area (Å²) in [5, 5.41) is 25.3. The van der Waals surface area contributed by atoms with Crippen LogP contribution in [-0.4, -0.2) is 36.3 Å². The second-order valence-corrected chi connectivity index (χ2v) is 8.04. The Labute approximate surface area is 168 Å². The third-order valence-corrected chi connectivity index (χ3v) is 5.53. The van der Waals surface area contributed by atoms with Crippen LogP contribution in [0.5, 0.6) is 0 Å². The minimum Gasteiger partial charge on any atom is -0.419 e. The average Bonchev–Trinajstić information content (AvgIpc) is 3.42. The van der Waals surface area contributed by atoms with E-state index in [4.69, 9.17) is 4.42 Å². The van der Waals surface area contributed by atoms with Crippen molar-refractivity contribution in [2.75, 3.05) is 5.32 Å².